The summed E-state index contributed by atoms with van der Waals surface area (Å²) in [6.45, 7) is 4.05. The van der Waals surface area contributed by atoms with E-state index >= 15 is 0 Å². The molecule has 1 N–H and O–H groups in total. The zero-order chi connectivity index (χ0) is 13.0. The predicted molar refractivity (Wildman–Crippen MR) is 73.8 cm³/mol. The molecule has 2 aromatic rings. The van der Waals surface area contributed by atoms with Crippen molar-refractivity contribution in [3.05, 3.63) is 52.0 Å². The highest BCUT2D eigenvalue weighted by Crippen LogP contribution is 2.18. The van der Waals surface area contributed by atoms with E-state index in [4.69, 9.17) is 0 Å². The molecule has 1 atom stereocenters. The second-order valence-corrected chi connectivity index (χ2v) is 5.27. The molecular weight excluding hydrogens is 244 g/mol. The van der Waals surface area contributed by atoms with Gasteiger partial charge in [-0.15, -0.1) is 11.3 Å². The Kier molecular flexibility index (Phi) is 4.10. The number of pyridine rings is 1. The highest BCUT2D eigenvalue weighted by atomic mass is 32.1. The van der Waals surface area contributed by atoms with Crippen molar-refractivity contribution in [3.8, 4) is 0 Å². The van der Waals surface area contributed by atoms with E-state index in [9.17, 15) is 4.79 Å². The van der Waals surface area contributed by atoms with E-state index in [1.54, 1.807) is 23.7 Å². The maximum atomic E-state index is 12.0. The van der Waals surface area contributed by atoms with Crippen LogP contribution in [0.15, 0.2) is 36.7 Å². The SMILES string of the molecule is CCc1ccc(C(=O)N[C@H](C)c2cccnc2)s1. The summed E-state index contributed by atoms with van der Waals surface area (Å²) in [6.07, 6.45) is 4.47. The highest BCUT2D eigenvalue weighted by molar-refractivity contribution is 7.14. The number of hydrogen-bond acceptors (Lipinski definition) is 3. The topological polar surface area (TPSA) is 42.0 Å². The molecule has 1 amide bonds. The minimum absolute atomic E-state index is 0.0175. The van der Waals surface area contributed by atoms with Crippen LogP contribution in [0.2, 0.25) is 0 Å². The average Bonchev–Trinajstić information content (AvgIpc) is 2.88. The number of carbonyl (C=O) groups excluding carboxylic acids is 1. The summed E-state index contributed by atoms with van der Waals surface area (Å²) in [5.41, 5.74) is 1.01. The van der Waals surface area contributed by atoms with Crippen LogP contribution in [0, 0.1) is 0 Å². The molecule has 2 rings (SSSR count). The maximum absolute atomic E-state index is 12.0. The zero-order valence-corrected chi connectivity index (χ0v) is 11.3. The monoisotopic (exact) mass is 260 g/mol. The summed E-state index contributed by atoms with van der Waals surface area (Å²) < 4.78 is 0. The lowest BCUT2D eigenvalue weighted by Crippen LogP contribution is -2.25. The lowest BCUT2D eigenvalue weighted by Gasteiger charge is -2.12. The first-order valence-corrected chi connectivity index (χ1v) is 6.82. The molecule has 0 aliphatic rings. The predicted octanol–water partition coefficient (Wildman–Crippen LogP) is 3.20. The number of thiophene rings is 1. The van der Waals surface area contributed by atoms with Crippen LogP contribution in [0.3, 0.4) is 0 Å². The van der Waals surface area contributed by atoms with Gasteiger partial charge in [0.2, 0.25) is 0 Å². The third kappa shape index (κ3) is 2.96. The Morgan fingerprint density at radius 2 is 2.28 bits per heavy atom. The Morgan fingerprint density at radius 3 is 2.89 bits per heavy atom. The molecule has 4 heteroatoms. The van der Waals surface area contributed by atoms with Gasteiger partial charge in [-0.05, 0) is 37.1 Å². The van der Waals surface area contributed by atoms with Crippen molar-refractivity contribution in [3.63, 3.8) is 0 Å². The Labute approximate surface area is 111 Å². The van der Waals surface area contributed by atoms with Gasteiger partial charge in [0.1, 0.15) is 0 Å². The van der Waals surface area contributed by atoms with Crippen LogP contribution >= 0.6 is 11.3 Å². The Morgan fingerprint density at radius 1 is 1.44 bits per heavy atom. The molecule has 0 radical (unpaired) electrons. The maximum Gasteiger partial charge on any atom is 0.261 e. The minimum Gasteiger partial charge on any atom is -0.345 e. The van der Waals surface area contributed by atoms with Gasteiger partial charge in [0.15, 0.2) is 0 Å². The summed E-state index contributed by atoms with van der Waals surface area (Å²) in [5.74, 6) is -0.0175. The first-order chi connectivity index (χ1) is 8.70. The van der Waals surface area contributed by atoms with Gasteiger partial charge in [-0.3, -0.25) is 9.78 Å². The third-order valence-corrected chi connectivity index (χ3v) is 3.99. The average molecular weight is 260 g/mol. The molecule has 0 bridgehead atoms. The van der Waals surface area contributed by atoms with Crippen LogP contribution in [0.25, 0.3) is 0 Å². The Balaban J connectivity index is 2.03. The molecule has 18 heavy (non-hydrogen) atoms. The van der Waals surface area contributed by atoms with Crippen molar-refractivity contribution in [2.45, 2.75) is 26.3 Å². The lowest BCUT2D eigenvalue weighted by atomic mass is 10.1. The van der Waals surface area contributed by atoms with Crippen molar-refractivity contribution in [2.75, 3.05) is 0 Å². The van der Waals surface area contributed by atoms with Gasteiger partial charge >= 0.3 is 0 Å². The number of carbonyl (C=O) groups is 1. The number of hydrogen-bond donors (Lipinski definition) is 1. The van der Waals surface area contributed by atoms with Crippen LogP contribution in [0.5, 0.6) is 0 Å². The summed E-state index contributed by atoms with van der Waals surface area (Å²) in [6, 6.07) is 7.70. The number of aryl methyl sites for hydroxylation is 1. The van der Waals surface area contributed by atoms with Gasteiger partial charge < -0.3 is 5.32 Å². The Hall–Kier alpha value is -1.68. The summed E-state index contributed by atoms with van der Waals surface area (Å²) >= 11 is 1.55. The molecular formula is C14H16N2OS. The number of rotatable bonds is 4. The molecule has 0 aliphatic carbocycles. The van der Waals surface area contributed by atoms with Gasteiger partial charge in [0.25, 0.3) is 5.91 Å². The van der Waals surface area contributed by atoms with Crippen LogP contribution in [-0.4, -0.2) is 10.9 Å². The molecule has 0 aliphatic heterocycles. The van der Waals surface area contributed by atoms with Crippen LogP contribution < -0.4 is 5.32 Å². The first kappa shape index (κ1) is 12.8. The van der Waals surface area contributed by atoms with Crippen LogP contribution in [0.4, 0.5) is 0 Å². The molecule has 0 saturated carbocycles. The van der Waals surface area contributed by atoms with Crippen molar-refractivity contribution in [2.24, 2.45) is 0 Å². The number of amides is 1. The molecule has 0 unspecified atom stereocenters. The standard InChI is InChI=1S/C14H16N2OS/c1-3-12-6-7-13(18-12)14(17)16-10(2)11-5-4-8-15-9-11/h4-10H,3H2,1-2H3,(H,16,17)/t10-/m1/s1. The third-order valence-electron chi connectivity index (χ3n) is 2.77. The summed E-state index contributed by atoms with van der Waals surface area (Å²) in [5, 5.41) is 2.98. The van der Waals surface area contributed by atoms with Crippen LogP contribution in [-0.2, 0) is 6.42 Å². The lowest BCUT2D eigenvalue weighted by molar-refractivity contribution is 0.0944. The second kappa shape index (κ2) is 5.78. The highest BCUT2D eigenvalue weighted by Gasteiger charge is 2.13. The van der Waals surface area contributed by atoms with Gasteiger partial charge in [-0.25, -0.2) is 0 Å². The van der Waals surface area contributed by atoms with Gasteiger partial charge in [-0.1, -0.05) is 13.0 Å². The fraction of sp³-hybridized carbons (Fsp3) is 0.286. The van der Waals surface area contributed by atoms with Gasteiger partial charge in [0, 0.05) is 17.3 Å². The fourth-order valence-electron chi connectivity index (χ4n) is 1.67. The molecule has 0 aromatic carbocycles. The van der Waals surface area contributed by atoms with Crippen molar-refractivity contribution >= 4 is 17.2 Å². The number of aromatic nitrogens is 1. The Bertz CT molecular complexity index is 522. The summed E-state index contributed by atoms with van der Waals surface area (Å²) in [4.78, 5) is 18.1. The molecule has 3 nitrogen and oxygen atoms in total. The smallest absolute Gasteiger partial charge is 0.261 e. The quantitative estimate of drug-likeness (QED) is 0.917. The zero-order valence-electron chi connectivity index (χ0n) is 10.5. The van der Waals surface area contributed by atoms with E-state index in [1.165, 1.54) is 4.88 Å². The van der Waals surface area contributed by atoms with Crippen LogP contribution in [0.1, 0.15) is 40.0 Å². The largest absolute Gasteiger partial charge is 0.345 e. The molecule has 0 saturated heterocycles. The summed E-state index contributed by atoms with van der Waals surface area (Å²) in [7, 11) is 0. The van der Waals surface area contributed by atoms with Gasteiger partial charge in [-0.2, -0.15) is 0 Å². The molecule has 94 valence electrons. The molecule has 2 heterocycles. The fourth-order valence-corrected chi connectivity index (χ4v) is 2.52. The van der Waals surface area contributed by atoms with E-state index in [-0.39, 0.29) is 11.9 Å². The van der Waals surface area contributed by atoms with Gasteiger partial charge in [0.05, 0.1) is 10.9 Å². The molecule has 0 fully saturated rings. The van der Waals surface area contributed by atoms with Crippen molar-refractivity contribution in [1.82, 2.24) is 10.3 Å². The first-order valence-electron chi connectivity index (χ1n) is 6.00. The van der Waals surface area contributed by atoms with E-state index in [0.29, 0.717) is 0 Å². The number of nitrogens with one attached hydrogen (secondary N) is 1. The van der Waals surface area contributed by atoms with E-state index < -0.39 is 0 Å². The van der Waals surface area contributed by atoms with Crippen molar-refractivity contribution in [1.29, 1.82) is 0 Å². The number of nitrogens with zero attached hydrogens (tertiary/aromatic N) is 1. The molecule has 2 aromatic heterocycles. The normalized spacial score (nSPS) is 12.1. The molecule has 0 spiro atoms. The van der Waals surface area contributed by atoms with Crippen molar-refractivity contribution < 1.29 is 4.79 Å². The second-order valence-electron chi connectivity index (χ2n) is 4.10. The van der Waals surface area contributed by atoms with E-state index in [0.717, 1.165) is 16.9 Å². The van der Waals surface area contributed by atoms with E-state index in [1.807, 2.05) is 31.2 Å². The minimum atomic E-state index is -0.0293. The van der Waals surface area contributed by atoms with E-state index in [2.05, 4.69) is 17.2 Å².